The van der Waals surface area contributed by atoms with Gasteiger partial charge in [0.2, 0.25) is 5.91 Å². The van der Waals surface area contributed by atoms with E-state index in [0.717, 1.165) is 0 Å². The Balaban J connectivity index is 2.34. The number of nitrogens with two attached hydrogens (primary N) is 1. The summed E-state index contributed by atoms with van der Waals surface area (Å²) in [6.45, 7) is 0. The molecular formula is C14H14ClNO. The molecule has 3 heteroatoms. The molecule has 0 heterocycles. The fourth-order valence-electron chi connectivity index (χ4n) is 2.30. The molecule has 0 saturated heterocycles. The van der Waals surface area contributed by atoms with Gasteiger partial charge < -0.3 is 5.73 Å². The molecule has 1 unspecified atom stereocenters. The molecule has 0 bridgehead atoms. The molecule has 2 N–H and O–H groups in total. The van der Waals surface area contributed by atoms with Crippen LogP contribution in [0.2, 0.25) is 5.02 Å². The molecule has 88 valence electrons. The Morgan fingerprint density at radius 2 is 2.47 bits per heavy atom. The molecule has 1 aromatic carbocycles. The Labute approximate surface area is 114 Å². The summed E-state index contributed by atoms with van der Waals surface area (Å²) in [7, 11) is 0. The van der Waals surface area contributed by atoms with Crippen LogP contribution in [0.15, 0.2) is 23.7 Å². The predicted octanol–water partition coefficient (Wildman–Crippen LogP) is 2.94. The Morgan fingerprint density at radius 3 is 3.24 bits per heavy atom. The van der Waals surface area contributed by atoms with E-state index in [-0.39, 0.29) is 29.5 Å². The normalized spacial score (nSPS) is 37.7. The Morgan fingerprint density at radius 1 is 1.65 bits per heavy atom. The zero-order valence-electron chi connectivity index (χ0n) is 14.9. The van der Waals surface area contributed by atoms with E-state index in [1.807, 2.05) is 0 Å². The highest BCUT2D eigenvalue weighted by atomic mass is 35.5. The van der Waals surface area contributed by atoms with Gasteiger partial charge in [0.15, 0.2) is 0 Å². The average Bonchev–Trinajstić information content (AvgIpc) is 2.79. The minimum absolute atomic E-state index is 0.000696. The second kappa shape index (κ2) is 3.88. The van der Waals surface area contributed by atoms with Crippen molar-refractivity contribution in [1.82, 2.24) is 0 Å². The zero-order valence-corrected chi connectivity index (χ0v) is 9.69. The third-order valence-corrected chi connectivity index (χ3v) is 3.28. The summed E-state index contributed by atoms with van der Waals surface area (Å²) in [5.41, 5.74) is 6.79. The van der Waals surface area contributed by atoms with Gasteiger partial charge in [-0.25, -0.2) is 0 Å². The van der Waals surface area contributed by atoms with Gasteiger partial charge in [0.1, 0.15) is 0 Å². The van der Waals surface area contributed by atoms with Gasteiger partial charge in [-0.15, -0.1) is 0 Å². The summed E-state index contributed by atoms with van der Waals surface area (Å²) in [6.07, 6.45) is -5.49. The number of halogens is 1. The van der Waals surface area contributed by atoms with Crippen LogP contribution < -0.4 is 5.73 Å². The number of benzene rings is 1. The highest BCUT2D eigenvalue weighted by molar-refractivity contribution is 6.30. The van der Waals surface area contributed by atoms with Gasteiger partial charge in [-0.05, 0) is 60.0 Å². The molecule has 1 amide bonds. The highest BCUT2D eigenvalue weighted by Crippen LogP contribution is 2.44. The number of primary amides is 1. The summed E-state index contributed by atoms with van der Waals surface area (Å²) in [6, 6.07) is 3.18. The first-order valence-corrected chi connectivity index (χ1v) is 5.63. The molecular weight excluding hydrogens is 234 g/mol. The van der Waals surface area contributed by atoms with Crippen LogP contribution in [-0.2, 0) is 11.2 Å². The van der Waals surface area contributed by atoms with Crippen LogP contribution in [0, 0.1) is 5.89 Å². The van der Waals surface area contributed by atoms with Gasteiger partial charge in [-0.3, -0.25) is 4.79 Å². The van der Waals surface area contributed by atoms with Gasteiger partial charge in [0, 0.05) is 11.9 Å². The van der Waals surface area contributed by atoms with Crippen molar-refractivity contribution in [2.75, 3.05) is 0 Å². The number of carbonyl (C=O) groups is 1. The molecule has 0 saturated carbocycles. The van der Waals surface area contributed by atoms with Crippen LogP contribution in [0.1, 0.15) is 38.5 Å². The Hall–Kier alpha value is -1.28. The molecule has 0 spiro atoms. The van der Waals surface area contributed by atoms with Gasteiger partial charge in [0.05, 0.1) is 7.26 Å². The van der Waals surface area contributed by atoms with Crippen molar-refractivity contribution in [2.24, 2.45) is 11.6 Å². The maximum Gasteiger partial charge on any atom is 0.224 e. The highest BCUT2D eigenvalue weighted by Gasteiger charge is 2.32. The molecule has 1 aromatic rings. The van der Waals surface area contributed by atoms with Gasteiger partial charge in [-0.1, -0.05) is 17.7 Å². The van der Waals surface area contributed by atoms with E-state index >= 15 is 0 Å². The van der Waals surface area contributed by atoms with Gasteiger partial charge >= 0.3 is 0 Å². The first-order valence-electron chi connectivity index (χ1n) is 8.26. The van der Waals surface area contributed by atoms with Crippen LogP contribution in [0.4, 0.5) is 0 Å². The van der Waals surface area contributed by atoms with Crippen molar-refractivity contribution >= 4 is 23.1 Å². The van der Waals surface area contributed by atoms with Crippen molar-refractivity contribution < 1.29 is 13.0 Å². The number of amides is 1. The summed E-state index contributed by atoms with van der Waals surface area (Å²) in [4.78, 5) is 11.9. The lowest BCUT2D eigenvalue weighted by atomic mass is 9.82. The molecule has 2 aliphatic carbocycles. The van der Waals surface area contributed by atoms with Crippen molar-refractivity contribution in [3.05, 3.63) is 39.9 Å². The largest absolute Gasteiger partial charge is 0.369 e. The van der Waals surface area contributed by atoms with Crippen molar-refractivity contribution in [3.63, 3.8) is 0 Å². The smallest absolute Gasteiger partial charge is 0.224 e. The van der Waals surface area contributed by atoms with Crippen LogP contribution >= 0.6 is 11.6 Å². The van der Waals surface area contributed by atoms with E-state index in [0.29, 0.717) is 16.7 Å². The SMILES string of the molecule is [2H]c1c(Cl)ccc2c1C1=C(C2)C([2H])(C(N)=O)C([2H])([2H])C([2H])([2H])C1. The van der Waals surface area contributed by atoms with Crippen molar-refractivity contribution in [3.8, 4) is 0 Å². The van der Waals surface area contributed by atoms with Crippen LogP contribution in [-0.4, -0.2) is 5.91 Å². The van der Waals surface area contributed by atoms with E-state index in [9.17, 15) is 4.79 Å². The minimum Gasteiger partial charge on any atom is -0.369 e. The fraction of sp³-hybridized carbons (Fsp3) is 0.357. The summed E-state index contributed by atoms with van der Waals surface area (Å²) >= 11 is 5.97. The number of hydrogen-bond acceptors (Lipinski definition) is 1. The molecule has 2 aliphatic rings. The minimum atomic E-state index is -2.78. The quantitative estimate of drug-likeness (QED) is 0.822. The zero-order chi connectivity index (χ0) is 17.4. The van der Waals surface area contributed by atoms with E-state index in [1.165, 1.54) is 6.07 Å². The first kappa shape index (κ1) is 6.05. The van der Waals surface area contributed by atoms with Gasteiger partial charge in [0.25, 0.3) is 0 Å². The van der Waals surface area contributed by atoms with Gasteiger partial charge in [-0.2, -0.15) is 0 Å². The number of fused-ring (bicyclic) bond motifs is 2. The van der Waals surface area contributed by atoms with Crippen molar-refractivity contribution in [2.45, 2.75) is 25.6 Å². The number of allylic oxidation sites excluding steroid dienone is 1. The summed E-state index contributed by atoms with van der Waals surface area (Å²) in [5, 5.41) is 0.182. The van der Waals surface area contributed by atoms with E-state index in [1.54, 1.807) is 6.07 Å². The Bertz CT molecular complexity index is 775. The number of rotatable bonds is 1. The van der Waals surface area contributed by atoms with Crippen LogP contribution in [0.5, 0.6) is 0 Å². The van der Waals surface area contributed by atoms with Crippen molar-refractivity contribution in [1.29, 1.82) is 0 Å². The molecule has 17 heavy (non-hydrogen) atoms. The van der Waals surface area contributed by atoms with E-state index in [4.69, 9.17) is 25.6 Å². The second-order valence-corrected chi connectivity index (χ2v) is 4.47. The van der Waals surface area contributed by atoms with Crippen LogP contribution in [0.3, 0.4) is 0 Å². The lowest BCUT2D eigenvalue weighted by Crippen LogP contribution is -2.27. The maximum absolute atomic E-state index is 11.9. The lowest BCUT2D eigenvalue weighted by molar-refractivity contribution is -0.121. The number of hydrogen-bond donors (Lipinski definition) is 1. The molecule has 0 aromatic heterocycles. The third kappa shape index (κ3) is 1.67. The standard InChI is InChI=1S/C14H14ClNO/c15-9-5-4-8-6-13-10(12(8)7-9)2-1-3-11(13)14(16)17/h4-5,7,11H,1-3,6H2,(H2,16,17)/i1D2,3D2,7D,11D. The molecule has 0 radical (unpaired) electrons. The first-order chi connectivity index (χ1) is 10.4. The second-order valence-electron chi connectivity index (χ2n) is 4.06. The summed E-state index contributed by atoms with van der Waals surface area (Å²) in [5.74, 6) is -3.76. The molecule has 3 rings (SSSR count). The third-order valence-electron chi connectivity index (χ3n) is 3.06. The molecule has 0 aliphatic heterocycles. The topological polar surface area (TPSA) is 43.1 Å². The van der Waals surface area contributed by atoms with E-state index in [2.05, 4.69) is 0 Å². The molecule has 1 atom stereocenters. The van der Waals surface area contributed by atoms with E-state index < -0.39 is 24.5 Å². The molecule has 2 nitrogen and oxygen atoms in total. The van der Waals surface area contributed by atoms with Crippen LogP contribution in [0.25, 0.3) is 5.57 Å². The average molecular weight is 254 g/mol. The fourth-order valence-corrected chi connectivity index (χ4v) is 2.46. The predicted molar refractivity (Wildman–Crippen MR) is 68.6 cm³/mol. The lowest BCUT2D eigenvalue weighted by Gasteiger charge is -2.22. The summed E-state index contributed by atoms with van der Waals surface area (Å²) < 4.78 is 48.7. The Kier molecular flexibility index (Phi) is 1.38. The number of carbonyl (C=O) groups excluding carboxylic acids is 1. The molecule has 0 fully saturated rings. The maximum atomic E-state index is 11.9. The monoisotopic (exact) mass is 253 g/mol.